The Hall–Kier alpha value is -1.49. The summed E-state index contributed by atoms with van der Waals surface area (Å²) in [6, 6.07) is 10.2. The molecule has 2 heterocycles. The first kappa shape index (κ1) is 11.6. The number of hydrogen-bond acceptors (Lipinski definition) is 4. The first-order chi connectivity index (χ1) is 8.75. The predicted octanol–water partition coefficient (Wildman–Crippen LogP) is -0.0915. The van der Waals surface area contributed by atoms with Crippen molar-refractivity contribution in [3.63, 3.8) is 0 Å². The molecule has 0 spiro atoms. The molecule has 0 amide bonds. The van der Waals surface area contributed by atoms with Crippen molar-refractivity contribution in [2.45, 2.75) is 6.04 Å². The molecule has 18 heavy (non-hydrogen) atoms. The Kier molecular flexibility index (Phi) is 2.99. The summed E-state index contributed by atoms with van der Waals surface area (Å²) in [6.45, 7) is 1.85. The van der Waals surface area contributed by atoms with Crippen LogP contribution in [0.3, 0.4) is 0 Å². The number of carbonyl (C=O) groups excluding carboxylic acids is 1. The van der Waals surface area contributed by atoms with Crippen LogP contribution in [-0.4, -0.2) is 46.0 Å². The minimum atomic E-state index is -1.02. The summed E-state index contributed by atoms with van der Waals surface area (Å²) in [7, 11) is 0. The molecular weight excluding hydrogens is 248 g/mol. The van der Waals surface area contributed by atoms with Gasteiger partial charge in [-0.1, -0.05) is 30.3 Å². The van der Waals surface area contributed by atoms with Crippen molar-refractivity contribution in [3.05, 3.63) is 35.9 Å². The largest absolute Gasteiger partial charge is 0.546 e. The van der Waals surface area contributed by atoms with Gasteiger partial charge in [0.15, 0.2) is 6.04 Å². The van der Waals surface area contributed by atoms with Crippen LogP contribution >= 0.6 is 11.8 Å². The van der Waals surface area contributed by atoms with Gasteiger partial charge in [-0.2, -0.15) is 0 Å². The zero-order valence-electron chi connectivity index (χ0n) is 9.91. The minimum Gasteiger partial charge on any atom is -0.546 e. The van der Waals surface area contributed by atoms with Crippen molar-refractivity contribution >= 4 is 22.9 Å². The van der Waals surface area contributed by atoms with Crippen LogP contribution in [0.2, 0.25) is 0 Å². The fraction of sp³-hybridized carbons (Fsp3) is 0.385. The maximum Gasteiger partial charge on any atom is 0.309 e. The molecular formula is C13H14N2O2S. The highest BCUT2D eigenvalue weighted by atomic mass is 32.2. The van der Waals surface area contributed by atoms with Crippen LogP contribution in [0.4, 0.5) is 0 Å². The highest BCUT2D eigenvalue weighted by Gasteiger charge is 2.43. The first-order valence-corrected chi connectivity index (χ1v) is 7.00. The second-order valence-corrected chi connectivity index (χ2v) is 5.57. The number of carbonyl (C=O) groups is 1. The van der Waals surface area contributed by atoms with Gasteiger partial charge in [0.2, 0.25) is 0 Å². The van der Waals surface area contributed by atoms with E-state index < -0.39 is 5.97 Å². The Morgan fingerprint density at radius 2 is 2.22 bits per heavy atom. The van der Waals surface area contributed by atoms with Gasteiger partial charge in [-0.3, -0.25) is 4.58 Å². The van der Waals surface area contributed by atoms with Crippen LogP contribution in [0, 0.1) is 0 Å². The third-order valence-electron chi connectivity index (χ3n) is 3.36. The second-order valence-electron chi connectivity index (χ2n) is 4.50. The summed E-state index contributed by atoms with van der Waals surface area (Å²) >= 11 is 1.74. The lowest BCUT2D eigenvalue weighted by Gasteiger charge is -2.20. The molecule has 1 aromatic rings. The third-order valence-corrected chi connectivity index (χ3v) is 4.50. The van der Waals surface area contributed by atoms with Crippen LogP contribution in [0.5, 0.6) is 0 Å². The van der Waals surface area contributed by atoms with E-state index in [9.17, 15) is 9.90 Å². The molecule has 94 valence electrons. The van der Waals surface area contributed by atoms with Gasteiger partial charge in [0.05, 0.1) is 12.5 Å². The van der Waals surface area contributed by atoms with Gasteiger partial charge in [0.1, 0.15) is 13.1 Å². The SMILES string of the molecule is O=C([O-])CN1C2=[N+](CCS2)C[C@H]1c1ccccc1. The molecule has 0 bridgehead atoms. The van der Waals surface area contributed by atoms with E-state index in [1.54, 1.807) is 11.8 Å². The van der Waals surface area contributed by atoms with Crippen molar-refractivity contribution in [2.75, 3.05) is 25.4 Å². The molecule has 4 nitrogen and oxygen atoms in total. The van der Waals surface area contributed by atoms with E-state index in [2.05, 4.69) is 16.7 Å². The van der Waals surface area contributed by atoms with Crippen LogP contribution in [-0.2, 0) is 4.79 Å². The monoisotopic (exact) mass is 262 g/mol. The molecule has 2 aliphatic heterocycles. The van der Waals surface area contributed by atoms with E-state index >= 15 is 0 Å². The summed E-state index contributed by atoms with van der Waals surface area (Å²) in [5, 5.41) is 12.0. The number of rotatable bonds is 3. The number of thioether (sulfide) groups is 1. The van der Waals surface area contributed by atoms with E-state index in [0.29, 0.717) is 0 Å². The van der Waals surface area contributed by atoms with Gasteiger partial charge in [0.25, 0.3) is 0 Å². The Balaban J connectivity index is 1.89. The number of carboxylic acids is 1. The molecule has 0 fully saturated rings. The Morgan fingerprint density at radius 3 is 2.94 bits per heavy atom. The Morgan fingerprint density at radius 1 is 1.44 bits per heavy atom. The molecule has 0 aromatic heterocycles. The average Bonchev–Trinajstić information content (AvgIpc) is 2.93. The molecule has 2 aliphatic rings. The minimum absolute atomic E-state index is 0.0294. The summed E-state index contributed by atoms with van der Waals surface area (Å²) in [5.41, 5.74) is 1.17. The number of aliphatic carboxylic acids is 1. The Labute approximate surface area is 110 Å². The molecule has 1 aromatic carbocycles. The van der Waals surface area contributed by atoms with Crippen molar-refractivity contribution in [1.82, 2.24) is 4.90 Å². The quantitative estimate of drug-likeness (QED) is 0.714. The number of carboxylic acid groups (broad SMARTS) is 1. The maximum atomic E-state index is 10.9. The molecule has 0 saturated carbocycles. The number of hydrogen-bond donors (Lipinski definition) is 0. The number of amidine groups is 1. The van der Waals surface area contributed by atoms with Crippen LogP contribution in [0.25, 0.3) is 0 Å². The lowest BCUT2D eigenvalue weighted by Crippen LogP contribution is -2.40. The third kappa shape index (κ3) is 1.99. The summed E-state index contributed by atoms with van der Waals surface area (Å²) in [6.07, 6.45) is 0. The topological polar surface area (TPSA) is 46.4 Å². The van der Waals surface area contributed by atoms with Gasteiger partial charge in [0, 0.05) is 11.3 Å². The van der Waals surface area contributed by atoms with E-state index in [1.807, 2.05) is 23.1 Å². The van der Waals surface area contributed by atoms with Gasteiger partial charge < -0.3 is 9.90 Å². The molecule has 0 radical (unpaired) electrons. The fourth-order valence-corrected chi connectivity index (χ4v) is 3.79. The summed E-state index contributed by atoms with van der Waals surface area (Å²) in [4.78, 5) is 12.9. The average molecular weight is 262 g/mol. The molecule has 5 heteroatoms. The molecule has 3 rings (SSSR count). The van der Waals surface area contributed by atoms with E-state index in [4.69, 9.17) is 0 Å². The molecule has 0 unspecified atom stereocenters. The van der Waals surface area contributed by atoms with Gasteiger partial charge in [-0.15, -0.1) is 0 Å². The van der Waals surface area contributed by atoms with Crippen molar-refractivity contribution in [1.29, 1.82) is 0 Å². The second kappa shape index (κ2) is 4.65. The van der Waals surface area contributed by atoms with Crippen molar-refractivity contribution in [2.24, 2.45) is 0 Å². The van der Waals surface area contributed by atoms with Gasteiger partial charge in [-0.25, -0.2) is 4.90 Å². The van der Waals surface area contributed by atoms with Gasteiger partial charge in [-0.05, 0) is 11.8 Å². The summed E-state index contributed by atoms with van der Waals surface area (Å²) in [5.74, 6) is 0.0261. The zero-order valence-corrected chi connectivity index (χ0v) is 10.7. The highest BCUT2D eigenvalue weighted by molar-refractivity contribution is 8.13. The molecule has 0 aliphatic carbocycles. The first-order valence-electron chi connectivity index (χ1n) is 6.02. The van der Waals surface area contributed by atoms with E-state index in [-0.39, 0.29) is 12.6 Å². The van der Waals surface area contributed by atoms with E-state index in [1.165, 1.54) is 5.56 Å². The van der Waals surface area contributed by atoms with E-state index in [0.717, 1.165) is 24.0 Å². The standard InChI is InChI=1S/C13H14N2O2S/c16-12(17)9-15-11(10-4-2-1-3-5-10)8-14-6-7-18-13(14)15/h1-5,11H,6-9H2/t11-/m0/s1. The fourth-order valence-electron chi connectivity index (χ4n) is 2.59. The molecule has 1 atom stereocenters. The number of nitrogens with zero attached hydrogens (tertiary/aromatic N) is 2. The van der Waals surface area contributed by atoms with Crippen LogP contribution in [0.1, 0.15) is 11.6 Å². The van der Waals surface area contributed by atoms with Crippen molar-refractivity contribution < 1.29 is 14.5 Å². The summed E-state index contributed by atoms with van der Waals surface area (Å²) < 4.78 is 2.27. The lowest BCUT2D eigenvalue weighted by atomic mass is 10.1. The number of benzene rings is 1. The zero-order chi connectivity index (χ0) is 12.5. The smallest absolute Gasteiger partial charge is 0.309 e. The molecule has 0 N–H and O–H groups in total. The highest BCUT2D eigenvalue weighted by Crippen LogP contribution is 2.32. The predicted molar refractivity (Wildman–Crippen MR) is 68.4 cm³/mol. The van der Waals surface area contributed by atoms with Crippen molar-refractivity contribution in [3.8, 4) is 0 Å². The van der Waals surface area contributed by atoms with Crippen LogP contribution in [0.15, 0.2) is 30.3 Å². The molecule has 0 saturated heterocycles. The Bertz CT molecular complexity index is 501. The normalized spacial score (nSPS) is 22.4. The lowest BCUT2D eigenvalue weighted by molar-refractivity contribution is -0.511. The maximum absolute atomic E-state index is 10.9. The van der Waals surface area contributed by atoms with Gasteiger partial charge >= 0.3 is 5.17 Å². The van der Waals surface area contributed by atoms with Crippen LogP contribution < -0.4 is 5.11 Å².